The van der Waals surface area contributed by atoms with Crippen molar-refractivity contribution in [1.82, 2.24) is 14.8 Å². The average molecular weight is 322 g/mol. The number of aromatic nitrogens is 3. The fourth-order valence-electron chi connectivity index (χ4n) is 2.75. The number of hydrogen-bond acceptors (Lipinski definition) is 3. The van der Waals surface area contributed by atoms with E-state index in [9.17, 15) is 4.79 Å². The summed E-state index contributed by atoms with van der Waals surface area (Å²) in [5.41, 5.74) is 2.89. The number of anilines is 1. The Bertz CT molecular complexity index is 882. The zero-order chi connectivity index (χ0) is 17.1. The van der Waals surface area contributed by atoms with Crippen molar-refractivity contribution in [3.63, 3.8) is 0 Å². The monoisotopic (exact) mass is 322 g/mol. The molecule has 3 aromatic rings. The fraction of sp³-hybridized carbons (Fsp3) is 0.316. The largest absolute Gasteiger partial charge is 0.311 e. The summed E-state index contributed by atoms with van der Waals surface area (Å²) >= 11 is 0. The van der Waals surface area contributed by atoms with Crippen LogP contribution in [0, 0.1) is 13.8 Å². The second-order valence-corrected chi connectivity index (χ2v) is 6.05. The molecule has 0 aliphatic carbocycles. The van der Waals surface area contributed by atoms with Gasteiger partial charge in [-0.3, -0.25) is 4.79 Å². The van der Waals surface area contributed by atoms with Crippen molar-refractivity contribution in [1.29, 1.82) is 0 Å². The second-order valence-electron chi connectivity index (χ2n) is 6.05. The third kappa shape index (κ3) is 3.30. The molecule has 5 nitrogen and oxygen atoms in total. The van der Waals surface area contributed by atoms with Crippen LogP contribution in [0.2, 0.25) is 0 Å². The molecule has 0 atom stereocenters. The summed E-state index contributed by atoms with van der Waals surface area (Å²) in [7, 11) is 0. The molecule has 0 unspecified atom stereocenters. The van der Waals surface area contributed by atoms with Crippen molar-refractivity contribution in [2.24, 2.45) is 0 Å². The maximum atomic E-state index is 12.1. The van der Waals surface area contributed by atoms with E-state index in [1.165, 1.54) is 0 Å². The molecular formula is C19H22N4O. The van der Waals surface area contributed by atoms with Crippen molar-refractivity contribution in [3.05, 3.63) is 47.7 Å². The first-order valence-corrected chi connectivity index (χ1v) is 8.31. The highest BCUT2D eigenvalue weighted by Gasteiger charge is 2.13. The van der Waals surface area contributed by atoms with Gasteiger partial charge in [0.15, 0.2) is 5.82 Å². The molecule has 2 aromatic heterocycles. The number of para-hydroxylation sites is 1. The zero-order valence-electron chi connectivity index (χ0n) is 14.3. The van der Waals surface area contributed by atoms with Crippen LogP contribution in [0.4, 0.5) is 5.82 Å². The summed E-state index contributed by atoms with van der Waals surface area (Å²) in [6.07, 6.45) is 2.40. The Morgan fingerprint density at radius 2 is 2.00 bits per heavy atom. The van der Waals surface area contributed by atoms with Crippen molar-refractivity contribution < 1.29 is 4.79 Å². The molecule has 5 heteroatoms. The molecule has 0 bridgehead atoms. The topological polar surface area (TPSA) is 59.8 Å². The van der Waals surface area contributed by atoms with Crippen LogP contribution < -0.4 is 5.32 Å². The van der Waals surface area contributed by atoms with Gasteiger partial charge in [-0.05, 0) is 38.0 Å². The van der Waals surface area contributed by atoms with Crippen molar-refractivity contribution >= 4 is 22.6 Å². The summed E-state index contributed by atoms with van der Waals surface area (Å²) in [6.45, 7) is 6.04. The first-order valence-electron chi connectivity index (χ1n) is 8.31. The molecule has 1 amide bonds. The first kappa shape index (κ1) is 16.2. The number of aryl methyl sites for hydroxylation is 2. The number of fused-ring (bicyclic) bond motifs is 1. The van der Waals surface area contributed by atoms with Crippen molar-refractivity contribution in [2.75, 3.05) is 5.32 Å². The van der Waals surface area contributed by atoms with Gasteiger partial charge in [0.25, 0.3) is 0 Å². The number of unbranched alkanes of at least 4 members (excludes halogenated alkanes) is 1. The van der Waals surface area contributed by atoms with Crippen molar-refractivity contribution in [2.45, 2.75) is 40.0 Å². The Balaban J connectivity index is 1.99. The highest BCUT2D eigenvalue weighted by Crippen LogP contribution is 2.22. The molecule has 0 aliphatic rings. The number of carbonyl (C=O) groups excluding carboxylic acids is 1. The second kappa shape index (κ2) is 6.83. The van der Waals surface area contributed by atoms with E-state index >= 15 is 0 Å². The fourth-order valence-corrected chi connectivity index (χ4v) is 2.75. The average Bonchev–Trinajstić information content (AvgIpc) is 2.93. The quantitative estimate of drug-likeness (QED) is 0.767. The normalized spacial score (nSPS) is 11.0. The van der Waals surface area contributed by atoms with Crippen LogP contribution in [0.25, 0.3) is 16.7 Å². The van der Waals surface area contributed by atoms with Gasteiger partial charge in [0.1, 0.15) is 5.82 Å². The first-order chi connectivity index (χ1) is 11.6. The third-order valence-corrected chi connectivity index (χ3v) is 3.98. The lowest BCUT2D eigenvalue weighted by Gasteiger charge is -2.10. The highest BCUT2D eigenvalue weighted by molar-refractivity contribution is 5.90. The Morgan fingerprint density at radius 3 is 2.79 bits per heavy atom. The predicted octanol–water partition coefficient (Wildman–Crippen LogP) is 4.17. The standard InChI is InChI=1S/C19H22N4O/c1-4-5-10-19(24)21-18-12-14(3)22-23(18)17-11-13(2)15-8-6-7-9-16(15)20-17/h6-9,11-12H,4-5,10H2,1-3H3,(H,21,24). The van der Waals surface area contributed by atoms with E-state index in [1.807, 2.05) is 37.3 Å². The Kier molecular flexibility index (Phi) is 4.60. The number of nitrogens with zero attached hydrogens (tertiary/aromatic N) is 3. The van der Waals surface area contributed by atoms with Crippen LogP contribution in [0.1, 0.15) is 37.4 Å². The zero-order valence-corrected chi connectivity index (χ0v) is 14.3. The Morgan fingerprint density at radius 1 is 1.21 bits per heavy atom. The molecule has 24 heavy (non-hydrogen) atoms. The molecule has 1 aromatic carbocycles. The van der Waals surface area contributed by atoms with E-state index < -0.39 is 0 Å². The van der Waals surface area contributed by atoms with Crippen LogP contribution >= 0.6 is 0 Å². The molecule has 2 heterocycles. The van der Waals surface area contributed by atoms with Crippen LogP contribution in [-0.4, -0.2) is 20.7 Å². The minimum absolute atomic E-state index is 0.00973. The maximum Gasteiger partial charge on any atom is 0.225 e. The third-order valence-electron chi connectivity index (χ3n) is 3.98. The minimum Gasteiger partial charge on any atom is -0.311 e. The summed E-state index contributed by atoms with van der Waals surface area (Å²) in [6, 6.07) is 11.9. The van der Waals surface area contributed by atoms with E-state index in [2.05, 4.69) is 30.3 Å². The molecule has 0 saturated carbocycles. The van der Waals surface area contributed by atoms with E-state index in [1.54, 1.807) is 4.68 Å². The van der Waals surface area contributed by atoms with E-state index in [0.29, 0.717) is 18.1 Å². The van der Waals surface area contributed by atoms with Gasteiger partial charge in [-0.2, -0.15) is 9.78 Å². The number of rotatable bonds is 5. The Hall–Kier alpha value is -2.69. The van der Waals surface area contributed by atoms with Crippen LogP contribution in [0.15, 0.2) is 36.4 Å². The molecule has 3 rings (SSSR count). The molecule has 1 N–H and O–H groups in total. The molecule has 0 spiro atoms. The lowest BCUT2D eigenvalue weighted by atomic mass is 10.1. The number of benzene rings is 1. The van der Waals surface area contributed by atoms with Crippen molar-refractivity contribution in [3.8, 4) is 5.82 Å². The number of pyridine rings is 1. The van der Waals surface area contributed by atoms with Gasteiger partial charge in [0, 0.05) is 17.9 Å². The van der Waals surface area contributed by atoms with E-state index in [0.717, 1.165) is 35.0 Å². The van der Waals surface area contributed by atoms with Gasteiger partial charge in [0.2, 0.25) is 5.91 Å². The molecule has 0 fully saturated rings. The van der Waals surface area contributed by atoms with Gasteiger partial charge in [0.05, 0.1) is 11.2 Å². The number of amides is 1. The van der Waals surface area contributed by atoms with E-state index in [-0.39, 0.29) is 5.91 Å². The minimum atomic E-state index is 0.00973. The molecular weight excluding hydrogens is 300 g/mol. The molecule has 0 saturated heterocycles. The summed E-state index contributed by atoms with van der Waals surface area (Å²) in [5.74, 6) is 1.39. The number of nitrogens with one attached hydrogen (secondary N) is 1. The smallest absolute Gasteiger partial charge is 0.225 e. The summed E-state index contributed by atoms with van der Waals surface area (Å²) in [4.78, 5) is 16.8. The lowest BCUT2D eigenvalue weighted by Crippen LogP contribution is -2.15. The van der Waals surface area contributed by atoms with Crippen LogP contribution in [-0.2, 0) is 4.79 Å². The van der Waals surface area contributed by atoms with Gasteiger partial charge >= 0.3 is 0 Å². The SMILES string of the molecule is CCCCC(=O)Nc1cc(C)nn1-c1cc(C)c2ccccc2n1. The Labute approximate surface area is 141 Å². The van der Waals surface area contributed by atoms with Gasteiger partial charge in [-0.15, -0.1) is 0 Å². The maximum absolute atomic E-state index is 12.1. The summed E-state index contributed by atoms with van der Waals surface area (Å²) in [5, 5.41) is 8.58. The molecule has 0 aliphatic heterocycles. The van der Waals surface area contributed by atoms with E-state index in [4.69, 9.17) is 4.98 Å². The lowest BCUT2D eigenvalue weighted by molar-refractivity contribution is -0.116. The van der Waals surface area contributed by atoms with Gasteiger partial charge < -0.3 is 5.32 Å². The molecule has 124 valence electrons. The molecule has 0 radical (unpaired) electrons. The van der Waals surface area contributed by atoms with Gasteiger partial charge in [-0.1, -0.05) is 31.5 Å². The highest BCUT2D eigenvalue weighted by atomic mass is 16.1. The summed E-state index contributed by atoms with van der Waals surface area (Å²) < 4.78 is 1.71. The number of hydrogen-bond donors (Lipinski definition) is 1. The van der Waals surface area contributed by atoms with Crippen LogP contribution in [0.3, 0.4) is 0 Å². The number of carbonyl (C=O) groups is 1. The van der Waals surface area contributed by atoms with Gasteiger partial charge in [-0.25, -0.2) is 4.98 Å². The van der Waals surface area contributed by atoms with Crippen LogP contribution in [0.5, 0.6) is 0 Å². The predicted molar refractivity (Wildman–Crippen MR) is 96.5 cm³/mol.